The molecule has 0 atom stereocenters. The van der Waals surface area contributed by atoms with Crippen LogP contribution in [-0.2, 0) is 0 Å². The van der Waals surface area contributed by atoms with Crippen molar-refractivity contribution in [1.29, 1.82) is 0 Å². The van der Waals surface area contributed by atoms with E-state index in [2.05, 4.69) is 9.97 Å². The van der Waals surface area contributed by atoms with E-state index in [0.717, 1.165) is 20.8 Å². The summed E-state index contributed by atoms with van der Waals surface area (Å²) in [6.07, 6.45) is 0. The van der Waals surface area contributed by atoms with Gasteiger partial charge in [-0.25, -0.2) is 9.97 Å². The lowest BCUT2D eigenvalue weighted by atomic mass is 10.2. The lowest BCUT2D eigenvalue weighted by molar-refractivity contribution is 1.12. The van der Waals surface area contributed by atoms with E-state index in [0.29, 0.717) is 5.02 Å². The van der Waals surface area contributed by atoms with Crippen molar-refractivity contribution in [3.63, 3.8) is 0 Å². The van der Waals surface area contributed by atoms with Crippen LogP contribution in [0.3, 0.4) is 0 Å². The second-order valence-corrected chi connectivity index (χ2v) is 5.46. The number of anilines is 1. The fourth-order valence-electron chi connectivity index (χ4n) is 1.78. The first-order chi connectivity index (χ1) is 9.22. The summed E-state index contributed by atoms with van der Waals surface area (Å²) in [5.74, 6) is 0.281. The van der Waals surface area contributed by atoms with Crippen LogP contribution in [0.5, 0.6) is 0 Å². The largest absolute Gasteiger partial charge is 0.368 e. The van der Waals surface area contributed by atoms with Gasteiger partial charge in [-0.3, -0.25) is 0 Å². The molecule has 0 bridgehead atoms. The van der Waals surface area contributed by atoms with Gasteiger partial charge in [0.2, 0.25) is 5.95 Å². The summed E-state index contributed by atoms with van der Waals surface area (Å²) in [6, 6.07) is 15.5. The Morgan fingerprint density at radius 3 is 2.68 bits per heavy atom. The van der Waals surface area contributed by atoms with Crippen molar-refractivity contribution in [2.45, 2.75) is 9.92 Å². The summed E-state index contributed by atoms with van der Waals surface area (Å²) in [5.41, 5.74) is 6.59. The van der Waals surface area contributed by atoms with Crippen LogP contribution in [0.15, 0.2) is 58.5 Å². The molecule has 0 amide bonds. The Bertz CT molecular complexity index is 746. The lowest BCUT2D eigenvalue weighted by Gasteiger charge is -2.06. The fourth-order valence-corrected chi connectivity index (χ4v) is 3.02. The highest BCUT2D eigenvalue weighted by Crippen LogP contribution is 2.32. The normalized spacial score (nSPS) is 10.8. The Hall–Kier alpha value is -1.78. The van der Waals surface area contributed by atoms with Crippen LogP contribution >= 0.6 is 23.4 Å². The van der Waals surface area contributed by atoms with E-state index in [1.807, 2.05) is 48.5 Å². The standard InChI is InChI=1S/C14H10ClN3S/c15-9-4-3-5-10(8-9)19-13-11-6-1-2-7-12(11)17-14(16)18-13/h1-8H,(H2,16,17,18). The van der Waals surface area contributed by atoms with Gasteiger partial charge >= 0.3 is 0 Å². The number of para-hydroxylation sites is 1. The van der Waals surface area contributed by atoms with Crippen molar-refractivity contribution < 1.29 is 0 Å². The fraction of sp³-hybridized carbons (Fsp3) is 0. The number of hydrogen-bond acceptors (Lipinski definition) is 4. The average molecular weight is 288 g/mol. The Balaban J connectivity index is 2.09. The first-order valence-electron chi connectivity index (χ1n) is 5.68. The molecule has 0 fully saturated rings. The number of rotatable bonds is 2. The Kier molecular flexibility index (Phi) is 3.27. The topological polar surface area (TPSA) is 51.8 Å². The highest BCUT2D eigenvalue weighted by Gasteiger charge is 2.07. The van der Waals surface area contributed by atoms with Gasteiger partial charge in [0.15, 0.2) is 0 Å². The quantitative estimate of drug-likeness (QED) is 0.723. The molecule has 0 unspecified atom stereocenters. The molecule has 5 heteroatoms. The van der Waals surface area contributed by atoms with Crippen LogP contribution < -0.4 is 5.73 Å². The highest BCUT2D eigenvalue weighted by molar-refractivity contribution is 7.99. The van der Waals surface area contributed by atoms with E-state index in [4.69, 9.17) is 17.3 Å². The summed E-state index contributed by atoms with van der Waals surface area (Å²) < 4.78 is 0. The van der Waals surface area contributed by atoms with Gasteiger partial charge in [-0.05, 0) is 24.3 Å². The molecule has 0 aliphatic heterocycles. The van der Waals surface area contributed by atoms with Gasteiger partial charge in [0.25, 0.3) is 0 Å². The van der Waals surface area contributed by atoms with Gasteiger partial charge in [-0.1, -0.05) is 47.6 Å². The number of hydrogen-bond donors (Lipinski definition) is 1. The minimum atomic E-state index is 0.281. The van der Waals surface area contributed by atoms with Gasteiger partial charge in [-0.15, -0.1) is 0 Å². The number of aromatic nitrogens is 2. The molecule has 94 valence electrons. The number of benzene rings is 2. The van der Waals surface area contributed by atoms with E-state index < -0.39 is 0 Å². The van der Waals surface area contributed by atoms with Crippen LogP contribution in [0.1, 0.15) is 0 Å². The first-order valence-corrected chi connectivity index (χ1v) is 6.87. The third-order valence-electron chi connectivity index (χ3n) is 2.60. The van der Waals surface area contributed by atoms with Crippen molar-refractivity contribution in [3.05, 3.63) is 53.6 Å². The molecule has 0 saturated carbocycles. The summed E-state index contributed by atoms with van der Waals surface area (Å²) >= 11 is 7.52. The average Bonchev–Trinajstić information content (AvgIpc) is 2.38. The molecule has 0 spiro atoms. The van der Waals surface area contributed by atoms with Gasteiger partial charge in [0, 0.05) is 15.3 Å². The number of nitrogens with zero attached hydrogens (tertiary/aromatic N) is 2. The second-order valence-electron chi connectivity index (χ2n) is 3.96. The number of halogens is 1. The molecule has 3 rings (SSSR count). The van der Waals surface area contributed by atoms with Crippen LogP contribution in [0, 0.1) is 0 Å². The van der Waals surface area contributed by atoms with Gasteiger partial charge < -0.3 is 5.73 Å². The molecule has 19 heavy (non-hydrogen) atoms. The maximum Gasteiger partial charge on any atom is 0.221 e. The van der Waals surface area contributed by atoms with Crippen molar-refractivity contribution in [1.82, 2.24) is 9.97 Å². The van der Waals surface area contributed by atoms with E-state index in [1.54, 1.807) is 0 Å². The molecule has 0 aliphatic rings. The molecule has 1 aromatic heterocycles. The summed E-state index contributed by atoms with van der Waals surface area (Å²) in [7, 11) is 0. The van der Waals surface area contributed by atoms with Gasteiger partial charge in [-0.2, -0.15) is 0 Å². The zero-order valence-corrected chi connectivity index (χ0v) is 11.4. The molecule has 2 aromatic carbocycles. The zero-order chi connectivity index (χ0) is 13.2. The van der Waals surface area contributed by atoms with Crippen LogP contribution in [-0.4, -0.2) is 9.97 Å². The van der Waals surface area contributed by atoms with E-state index in [9.17, 15) is 0 Å². The molecule has 0 aliphatic carbocycles. The lowest BCUT2D eigenvalue weighted by Crippen LogP contribution is -1.96. The molecular formula is C14H10ClN3S. The predicted molar refractivity (Wildman–Crippen MR) is 79.5 cm³/mol. The first kappa shape index (κ1) is 12.3. The van der Waals surface area contributed by atoms with E-state index in [-0.39, 0.29) is 5.95 Å². The Labute approximate surface area is 119 Å². The number of nitrogen functional groups attached to an aromatic ring is 1. The third-order valence-corrected chi connectivity index (χ3v) is 3.83. The van der Waals surface area contributed by atoms with Gasteiger partial charge in [0.1, 0.15) is 5.03 Å². The van der Waals surface area contributed by atoms with E-state index >= 15 is 0 Å². The summed E-state index contributed by atoms with van der Waals surface area (Å²) in [6.45, 7) is 0. The molecule has 0 radical (unpaired) electrons. The van der Waals surface area contributed by atoms with Crippen LogP contribution in [0.2, 0.25) is 5.02 Å². The zero-order valence-electron chi connectivity index (χ0n) is 9.88. The summed E-state index contributed by atoms with van der Waals surface area (Å²) in [4.78, 5) is 9.56. The number of nitrogens with two attached hydrogens (primary N) is 1. The number of fused-ring (bicyclic) bond motifs is 1. The summed E-state index contributed by atoms with van der Waals surface area (Å²) in [5, 5.41) is 2.53. The van der Waals surface area contributed by atoms with Crippen molar-refractivity contribution in [3.8, 4) is 0 Å². The second kappa shape index (κ2) is 5.07. The van der Waals surface area contributed by atoms with Crippen molar-refractivity contribution >= 4 is 40.2 Å². The van der Waals surface area contributed by atoms with E-state index in [1.165, 1.54) is 11.8 Å². The van der Waals surface area contributed by atoms with Crippen LogP contribution in [0.25, 0.3) is 10.9 Å². The predicted octanol–water partition coefficient (Wildman–Crippen LogP) is 4.02. The van der Waals surface area contributed by atoms with Crippen molar-refractivity contribution in [2.24, 2.45) is 0 Å². The maximum absolute atomic E-state index is 5.99. The van der Waals surface area contributed by atoms with Gasteiger partial charge in [0.05, 0.1) is 5.52 Å². The highest BCUT2D eigenvalue weighted by atomic mass is 35.5. The maximum atomic E-state index is 5.99. The van der Waals surface area contributed by atoms with Crippen molar-refractivity contribution in [2.75, 3.05) is 5.73 Å². The molecule has 1 heterocycles. The Morgan fingerprint density at radius 1 is 1.00 bits per heavy atom. The minimum absolute atomic E-state index is 0.281. The Morgan fingerprint density at radius 2 is 1.84 bits per heavy atom. The molecule has 3 aromatic rings. The molecular weight excluding hydrogens is 278 g/mol. The SMILES string of the molecule is Nc1nc(Sc2cccc(Cl)c2)c2ccccc2n1. The minimum Gasteiger partial charge on any atom is -0.368 e. The molecule has 2 N–H and O–H groups in total. The smallest absolute Gasteiger partial charge is 0.221 e. The van der Waals surface area contributed by atoms with Crippen LogP contribution in [0.4, 0.5) is 5.95 Å². The molecule has 3 nitrogen and oxygen atoms in total. The third kappa shape index (κ3) is 2.64. The monoisotopic (exact) mass is 287 g/mol. The molecule has 0 saturated heterocycles.